The van der Waals surface area contributed by atoms with Crippen molar-refractivity contribution in [3.05, 3.63) is 77.9 Å². The van der Waals surface area contributed by atoms with Gasteiger partial charge in [-0.2, -0.15) is 0 Å². The minimum absolute atomic E-state index is 0.161. The number of benzene rings is 2. The molecule has 0 N–H and O–H groups in total. The molecular weight excluding hydrogens is 248 g/mol. The molecule has 0 aromatic heterocycles. The lowest BCUT2D eigenvalue weighted by molar-refractivity contribution is -0.142. The van der Waals surface area contributed by atoms with E-state index in [-0.39, 0.29) is 5.97 Å². The normalized spacial score (nSPS) is 10.6. The molecule has 20 heavy (non-hydrogen) atoms. The SMILES string of the molecule is O=C(CCc1ccccc1)OC/C=C/c1ccccc1. The fourth-order valence-corrected chi connectivity index (χ4v) is 1.85. The summed E-state index contributed by atoms with van der Waals surface area (Å²) in [7, 11) is 0. The zero-order chi connectivity index (χ0) is 14.0. The molecule has 0 unspecified atom stereocenters. The number of ether oxygens (including phenoxy) is 1. The van der Waals surface area contributed by atoms with Gasteiger partial charge in [0.25, 0.3) is 0 Å². The third kappa shape index (κ3) is 5.11. The number of esters is 1. The van der Waals surface area contributed by atoms with Gasteiger partial charge in [-0.25, -0.2) is 0 Å². The lowest BCUT2D eigenvalue weighted by atomic mass is 10.1. The third-order valence-corrected chi connectivity index (χ3v) is 2.91. The van der Waals surface area contributed by atoms with Crippen LogP contribution in [0, 0.1) is 0 Å². The Morgan fingerprint density at radius 1 is 0.950 bits per heavy atom. The summed E-state index contributed by atoms with van der Waals surface area (Å²) in [5.74, 6) is -0.161. The van der Waals surface area contributed by atoms with Crippen LogP contribution >= 0.6 is 0 Å². The molecule has 2 aromatic rings. The van der Waals surface area contributed by atoms with Crippen LogP contribution in [0.15, 0.2) is 66.7 Å². The van der Waals surface area contributed by atoms with Gasteiger partial charge in [0, 0.05) is 6.42 Å². The maximum Gasteiger partial charge on any atom is 0.306 e. The Labute approximate surface area is 119 Å². The van der Waals surface area contributed by atoms with Crippen LogP contribution in [0.2, 0.25) is 0 Å². The zero-order valence-electron chi connectivity index (χ0n) is 11.4. The van der Waals surface area contributed by atoms with Crippen molar-refractivity contribution in [3.63, 3.8) is 0 Å². The Morgan fingerprint density at radius 3 is 2.30 bits per heavy atom. The van der Waals surface area contributed by atoms with Gasteiger partial charge in [-0.3, -0.25) is 4.79 Å². The first-order chi connectivity index (χ1) is 9.84. The van der Waals surface area contributed by atoms with Gasteiger partial charge >= 0.3 is 5.97 Å². The van der Waals surface area contributed by atoms with Gasteiger partial charge in [0.1, 0.15) is 6.61 Å². The Balaban J connectivity index is 1.67. The molecule has 0 heterocycles. The standard InChI is InChI=1S/C18H18O2/c19-18(14-13-17-10-5-2-6-11-17)20-15-7-12-16-8-3-1-4-9-16/h1-12H,13-15H2/b12-7+. The van der Waals surface area contributed by atoms with Crippen LogP contribution in [-0.2, 0) is 16.0 Å². The smallest absolute Gasteiger partial charge is 0.306 e. The van der Waals surface area contributed by atoms with Crippen LogP contribution in [0.1, 0.15) is 17.5 Å². The van der Waals surface area contributed by atoms with Crippen molar-refractivity contribution in [3.8, 4) is 0 Å². The molecule has 2 heteroatoms. The van der Waals surface area contributed by atoms with Crippen LogP contribution in [0.5, 0.6) is 0 Å². The fraction of sp³-hybridized carbons (Fsp3) is 0.167. The van der Waals surface area contributed by atoms with Crippen LogP contribution < -0.4 is 0 Å². The van der Waals surface area contributed by atoms with Crippen molar-refractivity contribution in [2.45, 2.75) is 12.8 Å². The summed E-state index contributed by atoms with van der Waals surface area (Å²) in [5.41, 5.74) is 2.26. The summed E-state index contributed by atoms with van der Waals surface area (Å²) >= 11 is 0. The van der Waals surface area contributed by atoms with E-state index >= 15 is 0 Å². The predicted octanol–water partition coefficient (Wildman–Crippen LogP) is 3.88. The Bertz CT molecular complexity index is 544. The maximum absolute atomic E-state index is 11.6. The van der Waals surface area contributed by atoms with Gasteiger partial charge in [-0.15, -0.1) is 0 Å². The first kappa shape index (κ1) is 14.1. The summed E-state index contributed by atoms with van der Waals surface area (Å²) < 4.78 is 5.16. The molecule has 0 fully saturated rings. The van der Waals surface area contributed by atoms with Crippen LogP contribution in [-0.4, -0.2) is 12.6 Å². The number of hydrogen-bond donors (Lipinski definition) is 0. The first-order valence-electron chi connectivity index (χ1n) is 6.76. The number of rotatable bonds is 6. The van der Waals surface area contributed by atoms with E-state index in [1.165, 1.54) is 0 Å². The molecule has 0 aliphatic heterocycles. The lowest BCUT2D eigenvalue weighted by Crippen LogP contribution is -2.05. The van der Waals surface area contributed by atoms with Crippen LogP contribution in [0.3, 0.4) is 0 Å². The fourth-order valence-electron chi connectivity index (χ4n) is 1.85. The summed E-state index contributed by atoms with van der Waals surface area (Å²) in [6, 6.07) is 19.9. The minimum atomic E-state index is -0.161. The summed E-state index contributed by atoms with van der Waals surface area (Å²) in [5, 5.41) is 0. The molecule has 0 bridgehead atoms. The molecule has 102 valence electrons. The Kier molecular flexibility index (Phi) is 5.59. The van der Waals surface area contributed by atoms with Crippen molar-refractivity contribution < 1.29 is 9.53 Å². The highest BCUT2D eigenvalue weighted by atomic mass is 16.5. The number of carbonyl (C=O) groups is 1. The average Bonchev–Trinajstić information content (AvgIpc) is 2.52. The van der Waals surface area contributed by atoms with E-state index in [1.54, 1.807) is 0 Å². The van der Waals surface area contributed by atoms with Crippen molar-refractivity contribution in [1.82, 2.24) is 0 Å². The van der Waals surface area contributed by atoms with E-state index in [9.17, 15) is 4.79 Å². The molecule has 0 aliphatic rings. The second-order valence-electron chi connectivity index (χ2n) is 4.48. The quantitative estimate of drug-likeness (QED) is 0.742. The molecule has 0 radical (unpaired) electrons. The van der Waals surface area contributed by atoms with E-state index in [2.05, 4.69) is 0 Å². The van der Waals surface area contributed by atoms with Crippen LogP contribution in [0.25, 0.3) is 6.08 Å². The van der Waals surface area contributed by atoms with E-state index in [0.29, 0.717) is 13.0 Å². The lowest BCUT2D eigenvalue weighted by Gasteiger charge is -2.02. The highest BCUT2D eigenvalue weighted by molar-refractivity contribution is 5.70. The Morgan fingerprint density at radius 2 is 1.60 bits per heavy atom. The van der Waals surface area contributed by atoms with Gasteiger partial charge in [-0.1, -0.05) is 66.7 Å². The van der Waals surface area contributed by atoms with E-state index in [1.807, 2.05) is 72.8 Å². The van der Waals surface area contributed by atoms with Crippen molar-refractivity contribution in [2.24, 2.45) is 0 Å². The molecule has 0 saturated heterocycles. The summed E-state index contributed by atoms with van der Waals surface area (Å²) in [6.45, 7) is 0.322. The first-order valence-corrected chi connectivity index (χ1v) is 6.76. The molecule has 0 amide bonds. The Hall–Kier alpha value is -2.35. The molecular formula is C18H18O2. The van der Waals surface area contributed by atoms with E-state index in [4.69, 9.17) is 4.74 Å². The molecule has 2 nitrogen and oxygen atoms in total. The van der Waals surface area contributed by atoms with Crippen molar-refractivity contribution in [1.29, 1.82) is 0 Å². The topological polar surface area (TPSA) is 26.3 Å². The number of aryl methyl sites for hydroxylation is 1. The molecule has 0 spiro atoms. The summed E-state index contributed by atoms with van der Waals surface area (Å²) in [4.78, 5) is 11.6. The summed E-state index contributed by atoms with van der Waals surface area (Å²) in [6.07, 6.45) is 4.95. The van der Waals surface area contributed by atoms with Gasteiger partial charge in [0.15, 0.2) is 0 Å². The average molecular weight is 266 g/mol. The van der Waals surface area contributed by atoms with E-state index in [0.717, 1.165) is 17.5 Å². The van der Waals surface area contributed by atoms with Crippen LogP contribution in [0.4, 0.5) is 0 Å². The van der Waals surface area contributed by atoms with Gasteiger partial charge in [-0.05, 0) is 23.6 Å². The second-order valence-corrected chi connectivity index (χ2v) is 4.48. The number of hydrogen-bond acceptors (Lipinski definition) is 2. The van der Waals surface area contributed by atoms with Gasteiger partial charge < -0.3 is 4.74 Å². The molecule has 2 rings (SSSR count). The predicted molar refractivity (Wildman–Crippen MR) is 81.2 cm³/mol. The zero-order valence-corrected chi connectivity index (χ0v) is 11.4. The molecule has 0 saturated carbocycles. The number of carbonyl (C=O) groups excluding carboxylic acids is 1. The monoisotopic (exact) mass is 266 g/mol. The largest absolute Gasteiger partial charge is 0.461 e. The highest BCUT2D eigenvalue weighted by Gasteiger charge is 2.01. The highest BCUT2D eigenvalue weighted by Crippen LogP contribution is 2.04. The second kappa shape index (κ2) is 7.95. The maximum atomic E-state index is 11.6. The minimum Gasteiger partial charge on any atom is -0.461 e. The van der Waals surface area contributed by atoms with Gasteiger partial charge in [0.2, 0.25) is 0 Å². The molecule has 2 aromatic carbocycles. The van der Waals surface area contributed by atoms with E-state index < -0.39 is 0 Å². The molecule has 0 aliphatic carbocycles. The van der Waals surface area contributed by atoms with Crippen molar-refractivity contribution in [2.75, 3.05) is 6.61 Å². The van der Waals surface area contributed by atoms with Gasteiger partial charge in [0.05, 0.1) is 0 Å². The van der Waals surface area contributed by atoms with Crippen molar-refractivity contribution >= 4 is 12.0 Å². The third-order valence-electron chi connectivity index (χ3n) is 2.91. The molecule has 0 atom stereocenters.